The molecule has 0 saturated carbocycles. The monoisotopic (exact) mass is 471 g/mol. The number of rotatable bonds is 4. The molecule has 0 unspecified atom stereocenters. The van der Waals surface area contributed by atoms with Crippen molar-refractivity contribution in [3.63, 3.8) is 0 Å². The lowest BCUT2D eigenvalue weighted by Crippen LogP contribution is -2.41. The number of benzene rings is 2. The normalized spacial score (nSPS) is 17.0. The predicted octanol–water partition coefficient (Wildman–Crippen LogP) is 3.90. The Labute approximate surface area is 183 Å². The molecule has 0 bridgehead atoms. The minimum atomic E-state index is -0.374. The van der Waals surface area contributed by atoms with Gasteiger partial charge in [0.05, 0.1) is 6.54 Å². The summed E-state index contributed by atoms with van der Waals surface area (Å²) in [6, 6.07) is 14.5. The highest BCUT2D eigenvalue weighted by Gasteiger charge is 2.28. The van der Waals surface area contributed by atoms with Crippen LogP contribution in [-0.4, -0.2) is 49.0 Å². The van der Waals surface area contributed by atoms with Crippen molar-refractivity contribution in [1.29, 1.82) is 0 Å². The molecule has 2 heterocycles. The molecular formula is C22H22BrN3O4. The topological polar surface area (TPSA) is 79.0 Å². The first-order valence-corrected chi connectivity index (χ1v) is 10.7. The van der Waals surface area contributed by atoms with E-state index >= 15 is 0 Å². The van der Waals surface area contributed by atoms with Gasteiger partial charge in [-0.05, 0) is 55.3 Å². The minimum Gasteiger partial charge on any atom is -0.447 e. The van der Waals surface area contributed by atoms with Crippen molar-refractivity contribution < 1.29 is 19.1 Å². The van der Waals surface area contributed by atoms with Crippen molar-refractivity contribution in [2.75, 3.05) is 36.5 Å². The second-order valence-electron chi connectivity index (χ2n) is 7.38. The van der Waals surface area contributed by atoms with Crippen molar-refractivity contribution >= 4 is 45.2 Å². The first kappa shape index (κ1) is 20.4. The Morgan fingerprint density at radius 1 is 1.03 bits per heavy atom. The van der Waals surface area contributed by atoms with Crippen molar-refractivity contribution in [2.45, 2.75) is 12.8 Å². The number of carbonyl (C=O) groups is 3. The number of cyclic esters (lactones) is 1. The average Bonchev–Trinajstić information content (AvgIpc) is 3.20. The van der Waals surface area contributed by atoms with Gasteiger partial charge in [-0.3, -0.25) is 14.5 Å². The molecule has 2 aromatic carbocycles. The van der Waals surface area contributed by atoms with Crippen LogP contribution in [0.5, 0.6) is 0 Å². The third-order valence-corrected chi connectivity index (χ3v) is 5.96. The number of nitrogens with zero attached hydrogens (tertiary/aromatic N) is 2. The summed E-state index contributed by atoms with van der Waals surface area (Å²) in [6.07, 6.45) is 0.861. The van der Waals surface area contributed by atoms with E-state index in [2.05, 4.69) is 21.2 Å². The molecule has 0 aromatic heterocycles. The van der Waals surface area contributed by atoms with E-state index in [1.807, 2.05) is 18.2 Å². The molecule has 7 nitrogen and oxygen atoms in total. The van der Waals surface area contributed by atoms with Crippen molar-refractivity contribution in [3.05, 3.63) is 58.6 Å². The highest BCUT2D eigenvalue weighted by molar-refractivity contribution is 9.10. The second kappa shape index (κ2) is 8.87. The molecule has 2 aliphatic heterocycles. The molecule has 156 valence electrons. The second-order valence-corrected chi connectivity index (χ2v) is 8.29. The molecule has 2 aromatic rings. The fraction of sp³-hybridized carbons (Fsp3) is 0.318. The maximum atomic E-state index is 12.7. The first-order chi connectivity index (χ1) is 14.5. The molecule has 4 rings (SSSR count). The number of nitrogens with one attached hydrogen (secondary N) is 1. The van der Waals surface area contributed by atoms with E-state index in [0.29, 0.717) is 56.0 Å². The highest BCUT2D eigenvalue weighted by Crippen LogP contribution is 2.25. The number of halogens is 1. The number of carbonyl (C=O) groups excluding carboxylic acids is 3. The number of ether oxygens (including phenoxy) is 1. The fourth-order valence-electron chi connectivity index (χ4n) is 3.74. The lowest BCUT2D eigenvalue weighted by atomic mass is 9.95. The summed E-state index contributed by atoms with van der Waals surface area (Å²) in [7, 11) is 0. The molecule has 2 fully saturated rings. The van der Waals surface area contributed by atoms with Gasteiger partial charge in [0.25, 0.3) is 5.91 Å². The quantitative estimate of drug-likeness (QED) is 0.733. The molecule has 0 atom stereocenters. The maximum Gasteiger partial charge on any atom is 0.414 e. The molecular weight excluding hydrogens is 450 g/mol. The zero-order valence-electron chi connectivity index (χ0n) is 16.3. The van der Waals surface area contributed by atoms with Crippen LogP contribution >= 0.6 is 15.9 Å². The lowest BCUT2D eigenvalue weighted by Gasteiger charge is -2.31. The number of piperidine rings is 1. The molecule has 0 aliphatic carbocycles. The molecule has 0 radical (unpaired) electrons. The summed E-state index contributed by atoms with van der Waals surface area (Å²) >= 11 is 3.37. The Bertz CT molecular complexity index is 955. The molecule has 8 heteroatoms. The van der Waals surface area contributed by atoms with Crippen LogP contribution in [0.2, 0.25) is 0 Å². The van der Waals surface area contributed by atoms with Gasteiger partial charge < -0.3 is 15.0 Å². The van der Waals surface area contributed by atoms with Crippen LogP contribution in [0.1, 0.15) is 23.2 Å². The van der Waals surface area contributed by atoms with Gasteiger partial charge in [0.2, 0.25) is 5.91 Å². The van der Waals surface area contributed by atoms with Gasteiger partial charge in [0, 0.05) is 40.4 Å². The van der Waals surface area contributed by atoms with E-state index < -0.39 is 0 Å². The van der Waals surface area contributed by atoms with Crippen LogP contribution in [0.15, 0.2) is 53.0 Å². The van der Waals surface area contributed by atoms with Crippen molar-refractivity contribution in [3.8, 4) is 0 Å². The molecule has 1 N–H and O–H groups in total. The predicted molar refractivity (Wildman–Crippen MR) is 117 cm³/mol. The standard InChI is InChI=1S/C22H22BrN3O4/c23-17-6-4-16(5-7-17)21(28)25-10-8-15(9-11-25)20(27)24-18-2-1-3-19(14-18)26-12-13-30-22(26)29/h1-7,14-15H,8-13H2,(H,24,27). The largest absolute Gasteiger partial charge is 0.447 e. The van der Waals surface area contributed by atoms with Crippen LogP contribution in [0, 0.1) is 5.92 Å². The van der Waals surface area contributed by atoms with Crippen LogP contribution in [0.3, 0.4) is 0 Å². The van der Waals surface area contributed by atoms with Crippen LogP contribution in [-0.2, 0) is 9.53 Å². The molecule has 2 aliphatic rings. The van der Waals surface area contributed by atoms with Crippen LogP contribution in [0.4, 0.5) is 16.2 Å². The summed E-state index contributed by atoms with van der Waals surface area (Å²) in [6.45, 7) is 1.97. The van der Waals surface area contributed by atoms with Crippen molar-refractivity contribution in [1.82, 2.24) is 4.90 Å². The minimum absolute atomic E-state index is 0.00782. The van der Waals surface area contributed by atoms with Gasteiger partial charge in [0.15, 0.2) is 0 Å². The molecule has 0 spiro atoms. The van der Waals surface area contributed by atoms with Gasteiger partial charge >= 0.3 is 6.09 Å². The summed E-state index contributed by atoms with van der Waals surface area (Å²) in [5.41, 5.74) is 1.99. The van der Waals surface area contributed by atoms with Crippen LogP contribution in [0.25, 0.3) is 0 Å². The first-order valence-electron chi connectivity index (χ1n) is 9.91. The van der Waals surface area contributed by atoms with Gasteiger partial charge in [-0.2, -0.15) is 0 Å². The van der Waals surface area contributed by atoms with Gasteiger partial charge in [-0.15, -0.1) is 0 Å². The van der Waals surface area contributed by atoms with E-state index in [0.717, 1.165) is 4.47 Å². The Morgan fingerprint density at radius 2 is 1.77 bits per heavy atom. The molecule has 3 amide bonds. The Hall–Kier alpha value is -2.87. The Morgan fingerprint density at radius 3 is 2.43 bits per heavy atom. The fourth-order valence-corrected chi connectivity index (χ4v) is 4.01. The summed E-state index contributed by atoms with van der Waals surface area (Å²) in [5.74, 6) is -0.224. The van der Waals surface area contributed by atoms with Gasteiger partial charge in [-0.1, -0.05) is 22.0 Å². The number of hydrogen-bond donors (Lipinski definition) is 1. The Kier molecular flexibility index (Phi) is 6.03. The van der Waals surface area contributed by atoms with E-state index in [-0.39, 0.29) is 23.8 Å². The van der Waals surface area contributed by atoms with E-state index in [4.69, 9.17) is 4.74 Å². The number of hydrogen-bond acceptors (Lipinski definition) is 4. The summed E-state index contributed by atoms with van der Waals surface area (Å²) in [4.78, 5) is 40.4. The zero-order valence-corrected chi connectivity index (χ0v) is 17.9. The van der Waals surface area contributed by atoms with Gasteiger partial charge in [0.1, 0.15) is 6.61 Å². The third kappa shape index (κ3) is 4.48. The Balaban J connectivity index is 1.33. The lowest BCUT2D eigenvalue weighted by molar-refractivity contribution is -0.121. The number of amides is 3. The van der Waals surface area contributed by atoms with Crippen LogP contribution < -0.4 is 10.2 Å². The zero-order chi connectivity index (χ0) is 21.1. The number of anilines is 2. The van der Waals surface area contributed by atoms with Gasteiger partial charge in [-0.25, -0.2) is 4.79 Å². The summed E-state index contributed by atoms with van der Waals surface area (Å²) in [5, 5.41) is 2.95. The summed E-state index contributed by atoms with van der Waals surface area (Å²) < 4.78 is 5.90. The third-order valence-electron chi connectivity index (χ3n) is 5.43. The highest BCUT2D eigenvalue weighted by atomic mass is 79.9. The number of likely N-dealkylation sites (tertiary alicyclic amines) is 1. The maximum absolute atomic E-state index is 12.7. The van der Waals surface area contributed by atoms with Crippen molar-refractivity contribution in [2.24, 2.45) is 5.92 Å². The van der Waals surface area contributed by atoms with E-state index in [9.17, 15) is 14.4 Å². The molecule has 30 heavy (non-hydrogen) atoms. The molecule has 2 saturated heterocycles. The smallest absolute Gasteiger partial charge is 0.414 e. The SMILES string of the molecule is O=C(Nc1cccc(N2CCOC2=O)c1)C1CCN(C(=O)c2ccc(Br)cc2)CC1. The van der Waals surface area contributed by atoms with E-state index in [1.165, 1.54) is 0 Å². The average molecular weight is 472 g/mol. The van der Waals surface area contributed by atoms with E-state index in [1.54, 1.807) is 40.1 Å².